The van der Waals surface area contributed by atoms with Crippen molar-refractivity contribution in [3.63, 3.8) is 0 Å². The van der Waals surface area contributed by atoms with Crippen LogP contribution in [0, 0.1) is 6.92 Å². The number of carbonyl (C=O) groups excluding carboxylic acids is 1. The number of rotatable bonds is 5. The van der Waals surface area contributed by atoms with E-state index >= 15 is 0 Å². The predicted molar refractivity (Wildman–Crippen MR) is 80.3 cm³/mol. The molecule has 0 aliphatic rings. The molecule has 1 aromatic rings. The molecule has 0 aromatic heterocycles. The summed E-state index contributed by atoms with van der Waals surface area (Å²) in [5, 5.41) is 11.6. The molecule has 0 spiro atoms. The Balaban J connectivity index is 2.56. The second-order valence-electron chi connectivity index (χ2n) is 6.06. The van der Waals surface area contributed by atoms with Crippen molar-refractivity contribution in [1.29, 1.82) is 0 Å². The topological polar surface area (TPSA) is 75.6 Å². The molecular weight excluding hydrogens is 270 g/mol. The Labute approximate surface area is 125 Å². The van der Waals surface area contributed by atoms with Gasteiger partial charge in [-0.15, -0.1) is 0 Å². The van der Waals surface area contributed by atoms with Crippen molar-refractivity contribution < 1.29 is 19.4 Å². The fourth-order valence-corrected chi connectivity index (χ4v) is 1.77. The highest BCUT2D eigenvalue weighted by Gasteiger charge is 2.23. The number of carbonyl (C=O) groups is 2. The molecule has 5 nitrogen and oxygen atoms in total. The minimum atomic E-state index is -1.06. The van der Waals surface area contributed by atoms with E-state index in [0.717, 1.165) is 11.1 Å². The highest BCUT2D eigenvalue weighted by molar-refractivity contribution is 5.80. The van der Waals surface area contributed by atoms with Crippen molar-refractivity contribution in [3.8, 4) is 0 Å². The summed E-state index contributed by atoms with van der Waals surface area (Å²) in [7, 11) is 0. The number of hydrogen-bond donors (Lipinski definition) is 2. The molecule has 21 heavy (non-hydrogen) atoms. The van der Waals surface area contributed by atoms with Gasteiger partial charge in [0.1, 0.15) is 11.6 Å². The maximum atomic E-state index is 11.6. The normalized spacial score (nSPS) is 12.6. The number of hydrogen-bond acceptors (Lipinski definition) is 3. The van der Waals surface area contributed by atoms with Crippen LogP contribution in [-0.4, -0.2) is 28.8 Å². The van der Waals surface area contributed by atoms with Gasteiger partial charge in [-0.25, -0.2) is 9.59 Å². The van der Waals surface area contributed by atoms with E-state index < -0.39 is 23.7 Å². The van der Waals surface area contributed by atoms with Gasteiger partial charge in [0.05, 0.1) is 0 Å². The molecule has 1 rings (SSSR count). The van der Waals surface area contributed by atoms with Gasteiger partial charge in [-0.1, -0.05) is 29.8 Å². The fourth-order valence-electron chi connectivity index (χ4n) is 1.77. The Kier molecular flexibility index (Phi) is 5.76. The molecular formula is C16H23NO4. The first kappa shape index (κ1) is 17.0. The first-order chi connectivity index (χ1) is 9.67. The minimum absolute atomic E-state index is 0.317. The molecule has 0 bridgehead atoms. The van der Waals surface area contributed by atoms with Crippen LogP contribution >= 0.6 is 0 Å². The molecule has 1 aromatic carbocycles. The van der Waals surface area contributed by atoms with E-state index in [2.05, 4.69) is 5.32 Å². The SMILES string of the molecule is Cc1ccc(CCC(NC(=O)OC(C)(C)C)C(=O)O)cc1. The maximum absolute atomic E-state index is 11.6. The van der Waals surface area contributed by atoms with E-state index in [1.165, 1.54) is 0 Å². The predicted octanol–water partition coefficient (Wildman–Crippen LogP) is 2.91. The van der Waals surface area contributed by atoms with Crippen molar-refractivity contribution in [2.75, 3.05) is 0 Å². The third-order valence-corrected chi connectivity index (χ3v) is 2.83. The van der Waals surface area contributed by atoms with Crippen LogP contribution in [0.2, 0.25) is 0 Å². The van der Waals surface area contributed by atoms with Crippen LogP contribution in [0.25, 0.3) is 0 Å². The van der Waals surface area contributed by atoms with Gasteiger partial charge in [0, 0.05) is 0 Å². The summed E-state index contributed by atoms with van der Waals surface area (Å²) in [4.78, 5) is 22.8. The second kappa shape index (κ2) is 7.11. The van der Waals surface area contributed by atoms with E-state index in [9.17, 15) is 14.7 Å². The number of ether oxygens (including phenoxy) is 1. The van der Waals surface area contributed by atoms with Gasteiger partial charge in [-0.3, -0.25) is 0 Å². The average molecular weight is 293 g/mol. The summed E-state index contributed by atoms with van der Waals surface area (Å²) >= 11 is 0. The molecule has 0 saturated heterocycles. The quantitative estimate of drug-likeness (QED) is 0.875. The summed E-state index contributed by atoms with van der Waals surface area (Å²) in [6.07, 6.45) is 0.184. The second-order valence-corrected chi connectivity index (χ2v) is 6.06. The largest absolute Gasteiger partial charge is 0.480 e. The molecule has 0 radical (unpaired) electrons. The molecule has 0 fully saturated rings. The van der Waals surface area contributed by atoms with Gasteiger partial charge in [0.2, 0.25) is 0 Å². The number of aryl methyl sites for hydroxylation is 2. The lowest BCUT2D eigenvalue weighted by molar-refractivity contribution is -0.139. The summed E-state index contributed by atoms with van der Waals surface area (Å²) in [5.41, 5.74) is 1.54. The van der Waals surface area contributed by atoms with E-state index in [-0.39, 0.29) is 0 Å². The van der Waals surface area contributed by atoms with E-state index in [1.54, 1.807) is 20.8 Å². The van der Waals surface area contributed by atoms with Crippen molar-refractivity contribution >= 4 is 12.1 Å². The monoisotopic (exact) mass is 293 g/mol. The van der Waals surface area contributed by atoms with Crippen LogP contribution in [-0.2, 0) is 16.0 Å². The molecule has 1 unspecified atom stereocenters. The molecule has 0 saturated carbocycles. The van der Waals surface area contributed by atoms with Gasteiger partial charge >= 0.3 is 12.1 Å². The minimum Gasteiger partial charge on any atom is -0.480 e. The number of amides is 1. The Morgan fingerprint density at radius 3 is 2.29 bits per heavy atom. The van der Waals surface area contributed by atoms with Gasteiger partial charge in [0.25, 0.3) is 0 Å². The number of benzene rings is 1. The van der Waals surface area contributed by atoms with Crippen molar-refractivity contribution in [3.05, 3.63) is 35.4 Å². The van der Waals surface area contributed by atoms with E-state index in [1.807, 2.05) is 31.2 Å². The lowest BCUT2D eigenvalue weighted by Crippen LogP contribution is -2.43. The lowest BCUT2D eigenvalue weighted by Gasteiger charge is -2.22. The van der Waals surface area contributed by atoms with Crippen molar-refractivity contribution in [2.24, 2.45) is 0 Å². The zero-order valence-electron chi connectivity index (χ0n) is 13.0. The molecule has 0 heterocycles. The molecule has 5 heteroatoms. The summed E-state index contributed by atoms with van der Waals surface area (Å²) < 4.78 is 5.07. The van der Waals surface area contributed by atoms with Gasteiger partial charge < -0.3 is 15.2 Å². The van der Waals surface area contributed by atoms with Crippen molar-refractivity contribution in [1.82, 2.24) is 5.32 Å². The van der Waals surface area contributed by atoms with E-state index in [0.29, 0.717) is 12.8 Å². The van der Waals surface area contributed by atoms with Gasteiger partial charge in [-0.2, -0.15) is 0 Å². The molecule has 0 aliphatic carbocycles. The van der Waals surface area contributed by atoms with Gasteiger partial charge in [-0.05, 0) is 46.1 Å². The Morgan fingerprint density at radius 2 is 1.81 bits per heavy atom. The van der Waals surface area contributed by atoms with Crippen LogP contribution in [0.15, 0.2) is 24.3 Å². The molecule has 0 aliphatic heterocycles. The Bertz CT molecular complexity index is 488. The number of carboxylic acids is 1. The Hall–Kier alpha value is -2.04. The molecule has 116 valence electrons. The number of alkyl carbamates (subject to hydrolysis) is 1. The molecule has 2 N–H and O–H groups in total. The third-order valence-electron chi connectivity index (χ3n) is 2.83. The average Bonchev–Trinajstić information content (AvgIpc) is 2.33. The number of aliphatic carboxylic acids is 1. The standard InChI is InChI=1S/C16H23NO4/c1-11-5-7-12(8-6-11)9-10-13(14(18)19)17-15(20)21-16(2,3)4/h5-8,13H,9-10H2,1-4H3,(H,17,20)(H,18,19). The maximum Gasteiger partial charge on any atom is 0.408 e. The lowest BCUT2D eigenvalue weighted by atomic mass is 10.0. The van der Waals surface area contributed by atoms with Crippen LogP contribution < -0.4 is 5.32 Å². The number of carboxylic acid groups (broad SMARTS) is 1. The van der Waals surface area contributed by atoms with Crippen molar-refractivity contribution in [2.45, 2.75) is 52.2 Å². The fraction of sp³-hybridized carbons (Fsp3) is 0.500. The van der Waals surface area contributed by atoms with Gasteiger partial charge in [0.15, 0.2) is 0 Å². The Morgan fingerprint density at radius 1 is 1.24 bits per heavy atom. The first-order valence-corrected chi connectivity index (χ1v) is 6.95. The zero-order chi connectivity index (χ0) is 16.0. The third kappa shape index (κ3) is 6.79. The van der Waals surface area contributed by atoms with Crippen LogP contribution in [0.4, 0.5) is 4.79 Å². The summed E-state index contributed by atoms with van der Waals surface area (Å²) in [6, 6.07) is 6.92. The van der Waals surface area contributed by atoms with Crippen LogP contribution in [0.3, 0.4) is 0 Å². The summed E-state index contributed by atoms with van der Waals surface area (Å²) in [6.45, 7) is 7.19. The van der Waals surface area contributed by atoms with Crippen LogP contribution in [0.5, 0.6) is 0 Å². The smallest absolute Gasteiger partial charge is 0.408 e. The van der Waals surface area contributed by atoms with Crippen LogP contribution in [0.1, 0.15) is 38.3 Å². The summed E-state index contributed by atoms with van der Waals surface area (Å²) in [5.74, 6) is -1.06. The molecule has 1 amide bonds. The highest BCUT2D eigenvalue weighted by atomic mass is 16.6. The molecule has 1 atom stereocenters. The highest BCUT2D eigenvalue weighted by Crippen LogP contribution is 2.10. The van der Waals surface area contributed by atoms with E-state index in [4.69, 9.17) is 4.74 Å². The zero-order valence-corrected chi connectivity index (χ0v) is 13.0. The first-order valence-electron chi connectivity index (χ1n) is 6.95. The number of nitrogens with one attached hydrogen (secondary N) is 1.